The summed E-state index contributed by atoms with van der Waals surface area (Å²) in [6.07, 6.45) is 1.60. The minimum Gasteiger partial charge on any atom is -0.469 e. The van der Waals surface area contributed by atoms with Gasteiger partial charge in [0.05, 0.1) is 17.6 Å². The predicted octanol–water partition coefficient (Wildman–Crippen LogP) is 3.55. The maximum atomic E-state index is 12.2. The molecule has 0 saturated carbocycles. The number of benzene rings is 1. The summed E-state index contributed by atoms with van der Waals surface area (Å²) in [7, 11) is 0. The van der Waals surface area contributed by atoms with Gasteiger partial charge in [0.15, 0.2) is 11.0 Å². The number of urea groups is 1. The number of imide groups is 1. The Bertz CT molecular complexity index is 1000. The lowest BCUT2D eigenvalue weighted by atomic mass is 10.1. The summed E-state index contributed by atoms with van der Waals surface area (Å²) in [5.74, 6) is 0.950. The third-order valence-electron chi connectivity index (χ3n) is 3.82. The van der Waals surface area contributed by atoms with Crippen LogP contribution in [0, 0.1) is 6.92 Å². The molecule has 0 unspecified atom stereocenters. The van der Waals surface area contributed by atoms with Gasteiger partial charge in [-0.3, -0.25) is 14.7 Å². The maximum absolute atomic E-state index is 12.2. The molecule has 2 heterocycles. The maximum Gasteiger partial charge on any atom is 0.321 e. The molecule has 3 rings (SSSR count). The second-order valence-electron chi connectivity index (χ2n) is 7.41. The number of thioether (sulfide) groups is 1. The molecule has 0 spiro atoms. The molecular formula is C20H23N5O3S. The van der Waals surface area contributed by atoms with Crippen LogP contribution in [0.15, 0.2) is 52.2 Å². The standard InChI is InChI=1S/C20H23N5O3S/c1-13-15(10-11-28-13)17-23-24-19(25(17)14-8-6-5-7-9-14)29-12-16(26)21-18(27)22-20(2,3)4/h5-11H,12H2,1-4H3,(H2,21,22,26,27). The first-order valence-electron chi connectivity index (χ1n) is 9.05. The molecule has 1 aromatic carbocycles. The molecule has 0 atom stereocenters. The molecule has 0 aliphatic heterocycles. The first kappa shape index (κ1) is 20.7. The van der Waals surface area contributed by atoms with Gasteiger partial charge in [-0.1, -0.05) is 30.0 Å². The van der Waals surface area contributed by atoms with Crippen LogP contribution in [-0.2, 0) is 4.79 Å². The Labute approximate surface area is 173 Å². The SMILES string of the molecule is Cc1occc1-c1nnc(SCC(=O)NC(=O)NC(C)(C)C)n1-c1ccccc1. The molecule has 0 saturated heterocycles. The van der Waals surface area contributed by atoms with Crippen LogP contribution in [-0.4, -0.2) is 38.0 Å². The molecule has 2 aromatic heterocycles. The van der Waals surface area contributed by atoms with Gasteiger partial charge < -0.3 is 9.73 Å². The van der Waals surface area contributed by atoms with E-state index in [-0.39, 0.29) is 5.75 Å². The lowest BCUT2D eigenvalue weighted by molar-refractivity contribution is -0.117. The molecule has 9 heteroatoms. The Morgan fingerprint density at radius 3 is 2.48 bits per heavy atom. The molecule has 0 aliphatic carbocycles. The number of aryl methyl sites for hydroxylation is 1. The van der Waals surface area contributed by atoms with Crippen molar-refractivity contribution in [3.8, 4) is 17.1 Å². The Morgan fingerprint density at radius 1 is 1.14 bits per heavy atom. The fourth-order valence-corrected chi connectivity index (χ4v) is 3.38. The number of amides is 3. The van der Waals surface area contributed by atoms with Crippen LogP contribution >= 0.6 is 11.8 Å². The molecule has 3 aromatic rings. The number of furan rings is 1. The minimum atomic E-state index is -0.526. The fourth-order valence-electron chi connectivity index (χ4n) is 2.63. The summed E-state index contributed by atoms with van der Waals surface area (Å²) in [5, 5.41) is 14.1. The Balaban J connectivity index is 1.80. The van der Waals surface area contributed by atoms with Crippen LogP contribution in [0.1, 0.15) is 26.5 Å². The molecule has 0 bridgehead atoms. The van der Waals surface area contributed by atoms with Gasteiger partial charge in [-0.2, -0.15) is 0 Å². The lowest BCUT2D eigenvalue weighted by Gasteiger charge is -2.20. The van der Waals surface area contributed by atoms with Crippen molar-refractivity contribution in [3.05, 3.63) is 48.4 Å². The summed E-state index contributed by atoms with van der Waals surface area (Å²) < 4.78 is 7.27. The van der Waals surface area contributed by atoms with Crippen LogP contribution in [0.4, 0.5) is 4.79 Å². The summed E-state index contributed by atoms with van der Waals surface area (Å²) in [4.78, 5) is 24.1. The van der Waals surface area contributed by atoms with Crippen LogP contribution < -0.4 is 10.6 Å². The Morgan fingerprint density at radius 2 is 1.86 bits per heavy atom. The van der Waals surface area contributed by atoms with E-state index in [9.17, 15) is 9.59 Å². The highest BCUT2D eigenvalue weighted by Crippen LogP contribution is 2.30. The van der Waals surface area contributed by atoms with E-state index in [1.807, 2.05) is 68.7 Å². The quantitative estimate of drug-likeness (QED) is 0.620. The first-order valence-corrected chi connectivity index (χ1v) is 10.0. The van der Waals surface area contributed by atoms with Gasteiger partial charge in [-0.25, -0.2) is 4.79 Å². The molecule has 3 amide bonds. The summed E-state index contributed by atoms with van der Waals surface area (Å²) in [6, 6.07) is 10.9. The number of rotatable bonds is 5. The molecule has 0 radical (unpaired) electrons. The van der Waals surface area contributed by atoms with Gasteiger partial charge in [-0.05, 0) is 45.9 Å². The van der Waals surface area contributed by atoms with Crippen molar-refractivity contribution in [1.82, 2.24) is 25.4 Å². The van der Waals surface area contributed by atoms with Crippen molar-refractivity contribution < 1.29 is 14.0 Å². The van der Waals surface area contributed by atoms with Crippen LogP contribution in [0.25, 0.3) is 17.1 Å². The number of aromatic nitrogens is 3. The summed E-state index contributed by atoms with van der Waals surface area (Å²) in [6.45, 7) is 7.38. The van der Waals surface area contributed by atoms with E-state index in [0.717, 1.165) is 17.0 Å². The molecule has 2 N–H and O–H groups in total. The van der Waals surface area contributed by atoms with E-state index >= 15 is 0 Å². The summed E-state index contributed by atoms with van der Waals surface area (Å²) in [5.41, 5.74) is 1.26. The van der Waals surface area contributed by atoms with Crippen molar-refractivity contribution >= 4 is 23.7 Å². The van der Waals surface area contributed by atoms with Crippen molar-refractivity contribution in [2.24, 2.45) is 0 Å². The highest BCUT2D eigenvalue weighted by atomic mass is 32.2. The van der Waals surface area contributed by atoms with E-state index in [2.05, 4.69) is 20.8 Å². The van der Waals surface area contributed by atoms with Gasteiger partial charge in [0.25, 0.3) is 0 Å². The van der Waals surface area contributed by atoms with Gasteiger partial charge >= 0.3 is 6.03 Å². The lowest BCUT2D eigenvalue weighted by Crippen LogP contribution is -2.48. The van der Waals surface area contributed by atoms with E-state index in [0.29, 0.717) is 11.0 Å². The van der Waals surface area contributed by atoms with Crippen molar-refractivity contribution in [2.75, 3.05) is 5.75 Å². The third-order valence-corrected chi connectivity index (χ3v) is 4.75. The average Bonchev–Trinajstić information content (AvgIpc) is 3.24. The van der Waals surface area contributed by atoms with E-state index in [1.54, 1.807) is 6.26 Å². The van der Waals surface area contributed by atoms with Crippen molar-refractivity contribution in [1.29, 1.82) is 0 Å². The van der Waals surface area contributed by atoms with Crippen LogP contribution in [0.5, 0.6) is 0 Å². The van der Waals surface area contributed by atoms with Gasteiger partial charge in [0, 0.05) is 11.2 Å². The van der Waals surface area contributed by atoms with Gasteiger partial charge in [0.1, 0.15) is 5.76 Å². The molecule has 8 nitrogen and oxygen atoms in total. The third kappa shape index (κ3) is 5.26. The molecule has 29 heavy (non-hydrogen) atoms. The number of nitrogens with zero attached hydrogens (tertiary/aromatic N) is 3. The smallest absolute Gasteiger partial charge is 0.321 e. The van der Waals surface area contributed by atoms with Gasteiger partial charge in [0.2, 0.25) is 5.91 Å². The zero-order chi connectivity index (χ0) is 21.0. The fraction of sp³-hybridized carbons (Fsp3) is 0.300. The molecule has 0 fully saturated rings. The number of hydrogen-bond donors (Lipinski definition) is 2. The Kier molecular flexibility index (Phi) is 6.07. The number of carbonyl (C=O) groups excluding carboxylic acids is 2. The van der Waals surface area contributed by atoms with Crippen molar-refractivity contribution in [2.45, 2.75) is 38.4 Å². The predicted molar refractivity (Wildman–Crippen MR) is 111 cm³/mol. The molecule has 0 aliphatic rings. The van der Waals surface area contributed by atoms with Crippen molar-refractivity contribution in [3.63, 3.8) is 0 Å². The topological polar surface area (TPSA) is 102 Å². The summed E-state index contributed by atoms with van der Waals surface area (Å²) >= 11 is 1.20. The zero-order valence-electron chi connectivity index (χ0n) is 16.7. The largest absolute Gasteiger partial charge is 0.469 e. The van der Waals surface area contributed by atoms with E-state index < -0.39 is 17.5 Å². The van der Waals surface area contributed by atoms with E-state index in [4.69, 9.17) is 4.42 Å². The second kappa shape index (κ2) is 8.52. The number of hydrogen-bond acceptors (Lipinski definition) is 6. The Hall–Kier alpha value is -3.07. The highest BCUT2D eigenvalue weighted by Gasteiger charge is 2.20. The number of nitrogens with one attached hydrogen (secondary N) is 2. The molecular weight excluding hydrogens is 390 g/mol. The van der Waals surface area contributed by atoms with Gasteiger partial charge in [-0.15, -0.1) is 10.2 Å². The number of para-hydroxylation sites is 1. The highest BCUT2D eigenvalue weighted by molar-refractivity contribution is 7.99. The van der Waals surface area contributed by atoms with E-state index in [1.165, 1.54) is 11.8 Å². The normalized spacial score (nSPS) is 11.3. The monoisotopic (exact) mass is 413 g/mol. The first-order chi connectivity index (χ1) is 13.7. The van der Waals surface area contributed by atoms with Crippen LogP contribution in [0.2, 0.25) is 0 Å². The second-order valence-corrected chi connectivity index (χ2v) is 8.35. The average molecular weight is 414 g/mol. The van der Waals surface area contributed by atoms with Crippen LogP contribution in [0.3, 0.4) is 0 Å². The number of carbonyl (C=O) groups is 2. The zero-order valence-corrected chi connectivity index (χ0v) is 17.5. The molecule has 152 valence electrons. The minimum absolute atomic E-state index is 0.0207.